The third-order valence-corrected chi connectivity index (χ3v) is 7.28. The Bertz CT molecular complexity index is 1340. The standard InChI is InChI=1S/C32H35N3O2/c1-21-10-6-11-22(2)28(21)31(37)35-17-9-16-27(29(35)24-13-7-12-23(18-24)20-33)30(36)34-26-15-8-14-25(19-26)32(3,4)5/h6-8,10-15,18-19,27,29H,9,16-17H2,1-5H3,(H,34,36). The third kappa shape index (κ3) is 5.59. The van der Waals surface area contributed by atoms with Gasteiger partial charge < -0.3 is 10.2 Å². The molecule has 1 saturated heterocycles. The number of likely N-dealkylation sites (tertiary alicyclic amines) is 1. The highest BCUT2D eigenvalue weighted by molar-refractivity contribution is 5.99. The molecule has 0 spiro atoms. The van der Waals surface area contributed by atoms with Gasteiger partial charge in [-0.15, -0.1) is 0 Å². The Morgan fingerprint density at radius 3 is 2.32 bits per heavy atom. The maximum atomic E-state index is 14.0. The Kier molecular flexibility index (Phi) is 7.50. The Labute approximate surface area is 220 Å². The topological polar surface area (TPSA) is 73.2 Å². The molecule has 1 fully saturated rings. The van der Waals surface area contributed by atoms with E-state index in [0.29, 0.717) is 24.1 Å². The number of aryl methyl sites for hydroxylation is 2. The van der Waals surface area contributed by atoms with E-state index >= 15 is 0 Å². The second-order valence-corrected chi connectivity index (χ2v) is 11.0. The summed E-state index contributed by atoms with van der Waals surface area (Å²) in [6, 6.07) is 22.8. The van der Waals surface area contributed by atoms with Crippen LogP contribution in [0.1, 0.15) is 77.8 Å². The Morgan fingerprint density at radius 2 is 1.65 bits per heavy atom. The minimum Gasteiger partial charge on any atom is -0.331 e. The van der Waals surface area contributed by atoms with Gasteiger partial charge in [0, 0.05) is 17.8 Å². The predicted octanol–water partition coefficient (Wildman–Crippen LogP) is 6.70. The third-order valence-electron chi connectivity index (χ3n) is 7.28. The van der Waals surface area contributed by atoms with E-state index in [0.717, 1.165) is 34.4 Å². The lowest BCUT2D eigenvalue weighted by atomic mass is 9.82. The van der Waals surface area contributed by atoms with Crippen molar-refractivity contribution in [2.45, 2.75) is 58.9 Å². The van der Waals surface area contributed by atoms with Crippen molar-refractivity contribution < 1.29 is 9.59 Å². The van der Waals surface area contributed by atoms with E-state index in [2.05, 4.69) is 38.2 Å². The zero-order valence-corrected chi connectivity index (χ0v) is 22.3. The van der Waals surface area contributed by atoms with Gasteiger partial charge in [0.25, 0.3) is 5.91 Å². The molecular formula is C32H35N3O2. The molecule has 2 unspecified atom stereocenters. The van der Waals surface area contributed by atoms with Crippen molar-refractivity contribution in [1.29, 1.82) is 5.26 Å². The van der Waals surface area contributed by atoms with Crippen LogP contribution in [0, 0.1) is 31.1 Å². The molecule has 0 aliphatic carbocycles. The maximum absolute atomic E-state index is 14.0. The predicted molar refractivity (Wildman–Crippen MR) is 147 cm³/mol. The average molecular weight is 494 g/mol. The van der Waals surface area contributed by atoms with Crippen molar-refractivity contribution in [2.75, 3.05) is 11.9 Å². The quantitative estimate of drug-likeness (QED) is 0.439. The van der Waals surface area contributed by atoms with Crippen LogP contribution in [0.15, 0.2) is 66.7 Å². The summed E-state index contributed by atoms with van der Waals surface area (Å²) in [5, 5.41) is 12.7. The van der Waals surface area contributed by atoms with Gasteiger partial charge in [-0.2, -0.15) is 5.26 Å². The second kappa shape index (κ2) is 10.6. The number of nitriles is 1. The SMILES string of the molecule is Cc1cccc(C)c1C(=O)N1CCCC(C(=O)Nc2cccc(C(C)(C)C)c2)C1c1cccc(C#N)c1. The second-order valence-electron chi connectivity index (χ2n) is 11.0. The van der Waals surface area contributed by atoms with Crippen molar-refractivity contribution in [1.82, 2.24) is 4.90 Å². The summed E-state index contributed by atoms with van der Waals surface area (Å²) in [6.45, 7) is 10.9. The lowest BCUT2D eigenvalue weighted by Crippen LogP contribution is -2.46. The normalized spacial score (nSPS) is 17.7. The fraction of sp³-hybridized carbons (Fsp3) is 0.344. The van der Waals surface area contributed by atoms with Gasteiger partial charge in [0.1, 0.15) is 0 Å². The van der Waals surface area contributed by atoms with Crippen LogP contribution in [-0.4, -0.2) is 23.3 Å². The van der Waals surface area contributed by atoms with E-state index in [4.69, 9.17) is 0 Å². The average Bonchev–Trinajstić information content (AvgIpc) is 2.87. The molecule has 190 valence electrons. The van der Waals surface area contributed by atoms with Crippen LogP contribution in [0.3, 0.4) is 0 Å². The molecular weight excluding hydrogens is 458 g/mol. The molecule has 1 N–H and O–H groups in total. The molecule has 5 heteroatoms. The van der Waals surface area contributed by atoms with Crippen LogP contribution in [-0.2, 0) is 10.2 Å². The molecule has 1 heterocycles. The number of hydrogen-bond acceptors (Lipinski definition) is 3. The first-order valence-electron chi connectivity index (χ1n) is 12.9. The van der Waals surface area contributed by atoms with E-state index in [-0.39, 0.29) is 17.2 Å². The summed E-state index contributed by atoms with van der Waals surface area (Å²) < 4.78 is 0. The summed E-state index contributed by atoms with van der Waals surface area (Å²) in [5.74, 6) is -0.637. The summed E-state index contributed by atoms with van der Waals surface area (Å²) in [6.07, 6.45) is 1.38. The Hall–Kier alpha value is -3.91. The number of amides is 2. The first kappa shape index (κ1) is 26.2. The smallest absolute Gasteiger partial charge is 0.254 e. The molecule has 3 aromatic rings. The highest BCUT2D eigenvalue weighted by Crippen LogP contribution is 2.39. The van der Waals surface area contributed by atoms with Gasteiger partial charge in [0.2, 0.25) is 5.91 Å². The monoisotopic (exact) mass is 493 g/mol. The highest BCUT2D eigenvalue weighted by atomic mass is 16.2. The van der Waals surface area contributed by atoms with Crippen molar-refractivity contribution >= 4 is 17.5 Å². The van der Waals surface area contributed by atoms with Crippen LogP contribution >= 0.6 is 0 Å². The maximum Gasteiger partial charge on any atom is 0.254 e. The number of carbonyl (C=O) groups excluding carboxylic acids is 2. The van der Waals surface area contributed by atoms with Gasteiger partial charge in [-0.25, -0.2) is 0 Å². The minimum atomic E-state index is -0.473. The molecule has 0 bridgehead atoms. The zero-order chi connectivity index (χ0) is 26.7. The Morgan fingerprint density at radius 1 is 0.973 bits per heavy atom. The van der Waals surface area contributed by atoms with E-state index in [9.17, 15) is 14.9 Å². The number of nitrogens with zero attached hydrogens (tertiary/aromatic N) is 2. The molecule has 2 atom stereocenters. The molecule has 37 heavy (non-hydrogen) atoms. The summed E-state index contributed by atoms with van der Waals surface area (Å²) in [7, 11) is 0. The van der Waals surface area contributed by atoms with E-state index in [1.165, 1.54) is 0 Å². The Balaban J connectivity index is 1.73. The molecule has 0 aromatic heterocycles. The van der Waals surface area contributed by atoms with E-state index in [1.54, 1.807) is 6.07 Å². The van der Waals surface area contributed by atoms with Gasteiger partial charge >= 0.3 is 0 Å². The number of anilines is 1. The highest BCUT2D eigenvalue weighted by Gasteiger charge is 2.40. The van der Waals surface area contributed by atoms with E-state index < -0.39 is 12.0 Å². The van der Waals surface area contributed by atoms with Crippen molar-refractivity contribution in [2.24, 2.45) is 5.92 Å². The molecule has 3 aromatic carbocycles. The molecule has 5 nitrogen and oxygen atoms in total. The number of hydrogen-bond donors (Lipinski definition) is 1. The van der Waals surface area contributed by atoms with Crippen molar-refractivity contribution in [3.05, 3.63) is 100 Å². The molecule has 0 saturated carbocycles. The largest absolute Gasteiger partial charge is 0.331 e. The van der Waals surface area contributed by atoms with Crippen LogP contribution < -0.4 is 5.32 Å². The molecule has 4 rings (SSSR count). The lowest BCUT2D eigenvalue weighted by Gasteiger charge is -2.41. The zero-order valence-electron chi connectivity index (χ0n) is 22.3. The number of benzene rings is 3. The van der Waals surface area contributed by atoms with Gasteiger partial charge in [-0.05, 0) is 78.6 Å². The fourth-order valence-electron chi connectivity index (χ4n) is 5.30. The number of piperidine rings is 1. The number of nitrogens with one attached hydrogen (secondary N) is 1. The first-order valence-corrected chi connectivity index (χ1v) is 12.9. The number of carbonyl (C=O) groups is 2. The van der Waals surface area contributed by atoms with Crippen LogP contribution in [0.25, 0.3) is 0 Å². The molecule has 0 radical (unpaired) electrons. The van der Waals surface area contributed by atoms with Gasteiger partial charge in [0.05, 0.1) is 23.6 Å². The van der Waals surface area contributed by atoms with Crippen molar-refractivity contribution in [3.8, 4) is 6.07 Å². The first-order chi connectivity index (χ1) is 17.6. The van der Waals surface area contributed by atoms with Gasteiger partial charge in [-0.1, -0.05) is 63.2 Å². The lowest BCUT2D eigenvalue weighted by molar-refractivity contribution is -0.123. The van der Waals surface area contributed by atoms with Crippen LogP contribution in [0.5, 0.6) is 0 Å². The van der Waals surface area contributed by atoms with E-state index in [1.807, 2.05) is 73.3 Å². The fourth-order valence-corrected chi connectivity index (χ4v) is 5.30. The summed E-state index contributed by atoms with van der Waals surface area (Å²) in [5.41, 5.74) is 5.68. The van der Waals surface area contributed by atoms with Gasteiger partial charge in [-0.3, -0.25) is 9.59 Å². The molecule has 1 aliphatic rings. The van der Waals surface area contributed by atoms with Crippen LogP contribution in [0.4, 0.5) is 5.69 Å². The summed E-state index contributed by atoms with van der Waals surface area (Å²) in [4.78, 5) is 29.6. The minimum absolute atomic E-state index is 0.0412. The summed E-state index contributed by atoms with van der Waals surface area (Å²) >= 11 is 0. The number of rotatable bonds is 4. The van der Waals surface area contributed by atoms with Crippen LogP contribution in [0.2, 0.25) is 0 Å². The molecule has 2 amide bonds. The van der Waals surface area contributed by atoms with Crippen molar-refractivity contribution in [3.63, 3.8) is 0 Å². The molecule has 1 aliphatic heterocycles. The van der Waals surface area contributed by atoms with Gasteiger partial charge in [0.15, 0.2) is 0 Å².